The molecule has 6 rings (SSSR count). The van der Waals surface area contributed by atoms with Gasteiger partial charge in [0, 0.05) is 48.9 Å². The maximum absolute atomic E-state index is 13.3. The Morgan fingerprint density at radius 1 is 1.23 bits per heavy atom. The van der Waals surface area contributed by atoms with E-state index >= 15 is 0 Å². The smallest absolute Gasteiger partial charge is 0.231 e. The largest absolute Gasteiger partial charge is 0.375 e. The van der Waals surface area contributed by atoms with Crippen molar-refractivity contribution < 1.29 is 13.9 Å². The van der Waals surface area contributed by atoms with Crippen LogP contribution in [0, 0.1) is 5.92 Å². The molecule has 180 valence electrons. The minimum absolute atomic E-state index is 0.174. The van der Waals surface area contributed by atoms with Crippen molar-refractivity contribution in [3.05, 3.63) is 36.8 Å². The zero-order chi connectivity index (χ0) is 24.1. The van der Waals surface area contributed by atoms with E-state index < -0.39 is 12.1 Å². The lowest BCUT2D eigenvalue weighted by atomic mass is 10.1. The van der Waals surface area contributed by atoms with Crippen molar-refractivity contribution in [2.24, 2.45) is 5.92 Å². The number of nitrogens with zero attached hydrogens (tertiary/aromatic N) is 6. The Morgan fingerprint density at radius 2 is 2.09 bits per heavy atom. The third-order valence-corrected chi connectivity index (χ3v) is 6.47. The molecule has 10 nitrogen and oxygen atoms in total. The zero-order valence-electron chi connectivity index (χ0n) is 19.4. The van der Waals surface area contributed by atoms with Crippen LogP contribution in [0.25, 0.3) is 27.8 Å². The maximum Gasteiger partial charge on any atom is 0.231 e. The summed E-state index contributed by atoms with van der Waals surface area (Å²) in [6, 6.07) is 5.74. The van der Waals surface area contributed by atoms with E-state index in [1.165, 1.54) is 0 Å². The quantitative estimate of drug-likeness (QED) is 0.453. The topological polar surface area (TPSA) is 110 Å². The Hall–Kier alpha value is -3.86. The highest BCUT2D eigenvalue weighted by molar-refractivity contribution is 6.03. The van der Waals surface area contributed by atoms with Crippen molar-refractivity contribution in [2.45, 2.75) is 25.6 Å². The lowest BCUT2D eigenvalue weighted by Gasteiger charge is -2.32. The van der Waals surface area contributed by atoms with Crippen molar-refractivity contribution in [2.75, 3.05) is 42.3 Å². The number of pyridine rings is 3. The van der Waals surface area contributed by atoms with E-state index in [-0.39, 0.29) is 18.4 Å². The molecule has 5 heterocycles. The number of carbonyl (C=O) groups excluding carboxylic acids is 1. The molecule has 0 radical (unpaired) electrons. The molecule has 1 saturated heterocycles. The molecule has 0 aromatic carbocycles. The fourth-order valence-electron chi connectivity index (χ4n) is 4.46. The fraction of sp³-hybridized carbons (Fsp3) is 0.375. The van der Waals surface area contributed by atoms with Gasteiger partial charge in [0.1, 0.15) is 17.8 Å². The fourth-order valence-corrected chi connectivity index (χ4v) is 4.46. The van der Waals surface area contributed by atoms with Gasteiger partial charge in [-0.1, -0.05) is 0 Å². The van der Waals surface area contributed by atoms with Gasteiger partial charge in [0.2, 0.25) is 5.91 Å². The predicted octanol–water partition coefficient (Wildman–Crippen LogP) is 2.90. The SMILES string of the molecule is CNc1ncc(-c2nc3ccc(N4CCOC(C)C4)cn3n2)c2cc(NC(=O)[C@@H]3C[C@@H]3F)ncc12. The van der Waals surface area contributed by atoms with E-state index in [1.54, 1.807) is 30.0 Å². The van der Waals surface area contributed by atoms with E-state index in [0.29, 0.717) is 35.3 Å². The number of hydrogen-bond acceptors (Lipinski definition) is 8. The van der Waals surface area contributed by atoms with Crippen LogP contribution in [0.4, 0.5) is 21.7 Å². The van der Waals surface area contributed by atoms with Gasteiger partial charge in [-0.2, -0.15) is 0 Å². The molecule has 35 heavy (non-hydrogen) atoms. The molecule has 4 aromatic heterocycles. The Bertz CT molecular complexity index is 1440. The van der Waals surface area contributed by atoms with Gasteiger partial charge < -0.3 is 20.3 Å². The Kier molecular flexibility index (Phi) is 5.21. The summed E-state index contributed by atoms with van der Waals surface area (Å²) in [4.78, 5) is 28.1. The summed E-state index contributed by atoms with van der Waals surface area (Å²) >= 11 is 0. The van der Waals surface area contributed by atoms with Crippen molar-refractivity contribution in [3.63, 3.8) is 0 Å². The molecule has 1 saturated carbocycles. The molecule has 0 bridgehead atoms. The summed E-state index contributed by atoms with van der Waals surface area (Å²) in [5.74, 6) is 0.550. The molecule has 1 unspecified atom stereocenters. The number of fused-ring (bicyclic) bond motifs is 2. The molecule has 4 aromatic rings. The second-order valence-corrected chi connectivity index (χ2v) is 8.99. The van der Waals surface area contributed by atoms with Crippen molar-refractivity contribution in [1.29, 1.82) is 0 Å². The first-order valence-corrected chi connectivity index (χ1v) is 11.6. The third-order valence-electron chi connectivity index (χ3n) is 6.47. The highest BCUT2D eigenvalue weighted by atomic mass is 19.1. The van der Waals surface area contributed by atoms with Gasteiger partial charge in [0.25, 0.3) is 0 Å². The van der Waals surface area contributed by atoms with Crippen LogP contribution in [0.15, 0.2) is 36.8 Å². The highest BCUT2D eigenvalue weighted by Crippen LogP contribution is 2.35. The number of aromatic nitrogens is 5. The van der Waals surface area contributed by atoms with E-state index in [2.05, 4.69) is 32.4 Å². The van der Waals surface area contributed by atoms with Gasteiger partial charge in [-0.25, -0.2) is 23.9 Å². The van der Waals surface area contributed by atoms with Crippen LogP contribution in [0.2, 0.25) is 0 Å². The molecule has 2 aliphatic rings. The summed E-state index contributed by atoms with van der Waals surface area (Å²) in [7, 11) is 1.78. The minimum Gasteiger partial charge on any atom is -0.375 e. The summed E-state index contributed by atoms with van der Waals surface area (Å²) in [6.45, 7) is 4.40. The first kappa shape index (κ1) is 21.7. The van der Waals surface area contributed by atoms with Crippen LogP contribution < -0.4 is 15.5 Å². The zero-order valence-corrected chi connectivity index (χ0v) is 19.4. The first-order valence-electron chi connectivity index (χ1n) is 11.6. The van der Waals surface area contributed by atoms with Crippen LogP contribution in [0.5, 0.6) is 0 Å². The number of anilines is 3. The second kappa shape index (κ2) is 8.42. The van der Waals surface area contributed by atoms with Gasteiger partial charge in [-0.3, -0.25) is 4.79 Å². The number of hydrogen-bond donors (Lipinski definition) is 2. The predicted molar refractivity (Wildman–Crippen MR) is 130 cm³/mol. The number of nitrogens with one attached hydrogen (secondary N) is 2. The summed E-state index contributed by atoms with van der Waals surface area (Å²) in [5, 5.41) is 12.1. The van der Waals surface area contributed by atoms with Crippen molar-refractivity contribution in [3.8, 4) is 11.4 Å². The lowest BCUT2D eigenvalue weighted by molar-refractivity contribution is -0.117. The number of morpholine rings is 1. The van der Waals surface area contributed by atoms with Crippen molar-refractivity contribution in [1.82, 2.24) is 24.6 Å². The van der Waals surface area contributed by atoms with Gasteiger partial charge in [0.05, 0.1) is 30.5 Å². The van der Waals surface area contributed by atoms with Crippen LogP contribution in [0.1, 0.15) is 13.3 Å². The standard InChI is InChI=1S/C24H25FN8O2/c1-13-11-32(5-6-35-13)14-3-4-21-30-23(31-33(21)12-14)18-10-28-22(26-2)17-9-27-20(8-15(17)18)29-24(34)16-7-19(16)25/h3-4,8-10,12-13,16,19H,5-7,11H2,1-2H3,(H,26,28)(H,27,29,34)/t13?,16-,19+/m1/s1. The molecule has 3 atom stereocenters. The number of ether oxygens (including phenoxy) is 1. The van der Waals surface area contributed by atoms with Crippen LogP contribution in [-0.4, -0.2) is 69.5 Å². The minimum atomic E-state index is -1.07. The molecule has 2 fully saturated rings. The molecular formula is C24H25FN8O2. The Labute approximate surface area is 200 Å². The number of alkyl halides is 1. The highest BCUT2D eigenvalue weighted by Gasteiger charge is 2.43. The molecule has 1 aliphatic carbocycles. The van der Waals surface area contributed by atoms with E-state index in [1.807, 2.05) is 18.3 Å². The van der Waals surface area contributed by atoms with Gasteiger partial charge in [-0.15, -0.1) is 5.10 Å². The van der Waals surface area contributed by atoms with Crippen LogP contribution in [0.3, 0.4) is 0 Å². The molecular weight excluding hydrogens is 451 g/mol. The van der Waals surface area contributed by atoms with Crippen LogP contribution in [-0.2, 0) is 9.53 Å². The van der Waals surface area contributed by atoms with Gasteiger partial charge >= 0.3 is 0 Å². The molecule has 2 N–H and O–H groups in total. The molecule has 1 aliphatic heterocycles. The molecule has 11 heteroatoms. The average molecular weight is 477 g/mol. The normalized spacial score (nSPS) is 21.9. The third kappa shape index (κ3) is 4.01. The summed E-state index contributed by atoms with van der Waals surface area (Å²) < 4.78 is 20.7. The average Bonchev–Trinajstić information content (AvgIpc) is 3.45. The van der Waals surface area contributed by atoms with E-state index in [9.17, 15) is 9.18 Å². The Balaban J connectivity index is 1.39. The maximum atomic E-state index is 13.3. The number of carbonyl (C=O) groups is 1. The summed E-state index contributed by atoms with van der Waals surface area (Å²) in [6.07, 6.45) is 4.68. The van der Waals surface area contributed by atoms with Crippen LogP contribution >= 0.6 is 0 Å². The lowest BCUT2D eigenvalue weighted by Crippen LogP contribution is -2.41. The number of halogens is 1. The number of rotatable bonds is 5. The first-order chi connectivity index (χ1) is 17.0. The van der Waals surface area contributed by atoms with E-state index in [4.69, 9.17) is 14.8 Å². The van der Waals surface area contributed by atoms with E-state index in [0.717, 1.165) is 29.5 Å². The monoisotopic (exact) mass is 476 g/mol. The molecule has 1 amide bonds. The number of amides is 1. The molecule has 0 spiro atoms. The van der Waals surface area contributed by atoms with Gasteiger partial charge in [-0.05, 0) is 31.5 Å². The van der Waals surface area contributed by atoms with Gasteiger partial charge in [0.15, 0.2) is 11.5 Å². The Morgan fingerprint density at radius 3 is 2.86 bits per heavy atom. The summed E-state index contributed by atoms with van der Waals surface area (Å²) in [5.41, 5.74) is 2.47. The van der Waals surface area contributed by atoms with Crippen molar-refractivity contribution >= 4 is 39.6 Å². The second-order valence-electron chi connectivity index (χ2n) is 8.99.